The summed E-state index contributed by atoms with van der Waals surface area (Å²) in [7, 11) is 0. The Hall–Kier alpha value is -3.06. The van der Waals surface area contributed by atoms with E-state index in [-0.39, 0.29) is 17.7 Å². The van der Waals surface area contributed by atoms with Crippen LogP contribution in [0.5, 0.6) is 0 Å². The third kappa shape index (κ3) is 4.58. The summed E-state index contributed by atoms with van der Waals surface area (Å²) in [6, 6.07) is 12.4. The highest BCUT2D eigenvalue weighted by Gasteiger charge is 2.33. The number of amides is 2. The summed E-state index contributed by atoms with van der Waals surface area (Å²) in [6.07, 6.45) is 2.20. The Morgan fingerprint density at radius 1 is 1.16 bits per heavy atom. The number of carbonyl (C=O) groups excluding carboxylic acids is 2. The van der Waals surface area contributed by atoms with Gasteiger partial charge in [-0.1, -0.05) is 30.3 Å². The van der Waals surface area contributed by atoms with E-state index in [4.69, 9.17) is 0 Å². The van der Waals surface area contributed by atoms with Crippen molar-refractivity contribution in [3.63, 3.8) is 0 Å². The number of likely N-dealkylation sites (N-methyl/N-ethyl adjacent to an activating group) is 1. The van der Waals surface area contributed by atoms with Crippen molar-refractivity contribution in [3.8, 4) is 10.4 Å². The normalized spacial score (nSPS) is 16.8. The minimum absolute atomic E-state index is 0.107. The van der Waals surface area contributed by atoms with Crippen molar-refractivity contribution in [2.24, 2.45) is 5.92 Å². The summed E-state index contributed by atoms with van der Waals surface area (Å²) >= 11 is 1.69. The van der Waals surface area contributed by atoms with Gasteiger partial charge in [0.25, 0.3) is 5.91 Å². The Balaban J connectivity index is 1.63. The molecule has 6 nitrogen and oxygen atoms in total. The fraction of sp³-hybridized carbons (Fsp3) is 0.360. The van der Waals surface area contributed by atoms with Gasteiger partial charge < -0.3 is 9.80 Å². The second kappa shape index (κ2) is 9.61. The quantitative estimate of drug-likeness (QED) is 0.592. The SMILES string of the molecule is CCN1CCN(C(=O)c2cnc(C)nc2C)C[C@@H](Cc2ccccc2-c2cccs2)C1=O. The van der Waals surface area contributed by atoms with Gasteiger partial charge in [-0.3, -0.25) is 9.59 Å². The molecule has 1 atom stereocenters. The molecule has 0 N–H and O–H groups in total. The first-order chi connectivity index (χ1) is 15.5. The van der Waals surface area contributed by atoms with Gasteiger partial charge >= 0.3 is 0 Å². The van der Waals surface area contributed by atoms with E-state index in [9.17, 15) is 9.59 Å². The maximum absolute atomic E-state index is 13.4. The highest BCUT2D eigenvalue weighted by molar-refractivity contribution is 7.13. The van der Waals surface area contributed by atoms with E-state index < -0.39 is 0 Å². The van der Waals surface area contributed by atoms with E-state index >= 15 is 0 Å². The second-order valence-corrected chi connectivity index (χ2v) is 9.07. The summed E-state index contributed by atoms with van der Waals surface area (Å²) in [5, 5.41) is 2.06. The predicted octanol–water partition coefficient (Wildman–Crippen LogP) is 3.99. The minimum atomic E-state index is -0.297. The summed E-state index contributed by atoms with van der Waals surface area (Å²) in [6.45, 7) is 7.70. The maximum Gasteiger partial charge on any atom is 0.257 e. The first-order valence-corrected chi connectivity index (χ1v) is 11.9. The molecule has 3 heterocycles. The van der Waals surface area contributed by atoms with E-state index in [1.165, 1.54) is 4.88 Å². The zero-order valence-corrected chi connectivity index (χ0v) is 19.6. The van der Waals surface area contributed by atoms with Crippen molar-refractivity contribution < 1.29 is 9.59 Å². The number of aryl methyl sites for hydroxylation is 2. The molecule has 1 saturated heterocycles. The van der Waals surface area contributed by atoms with Crippen LogP contribution in [0.3, 0.4) is 0 Å². The van der Waals surface area contributed by atoms with Crippen molar-refractivity contribution in [1.82, 2.24) is 19.8 Å². The molecule has 0 aliphatic carbocycles. The number of aromatic nitrogens is 2. The van der Waals surface area contributed by atoms with Crippen LogP contribution in [-0.4, -0.2) is 57.8 Å². The molecule has 4 rings (SSSR count). The lowest BCUT2D eigenvalue weighted by Gasteiger charge is -2.24. The van der Waals surface area contributed by atoms with Gasteiger partial charge in [-0.2, -0.15) is 0 Å². The predicted molar refractivity (Wildman–Crippen MR) is 127 cm³/mol. The van der Waals surface area contributed by atoms with Gasteiger partial charge in [0.2, 0.25) is 5.91 Å². The van der Waals surface area contributed by atoms with Gasteiger partial charge in [0.1, 0.15) is 5.82 Å². The molecule has 0 radical (unpaired) electrons. The highest BCUT2D eigenvalue weighted by Crippen LogP contribution is 2.30. The van der Waals surface area contributed by atoms with E-state index in [0.29, 0.717) is 49.7 Å². The zero-order chi connectivity index (χ0) is 22.7. The van der Waals surface area contributed by atoms with Crippen molar-refractivity contribution >= 4 is 23.2 Å². The molecule has 0 spiro atoms. The van der Waals surface area contributed by atoms with Crippen LogP contribution in [0.2, 0.25) is 0 Å². The lowest BCUT2D eigenvalue weighted by atomic mass is 9.93. The molecule has 2 aromatic heterocycles. The van der Waals surface area contributed by atoms with Gasteiger partial charge in [-0.15, -0.1) is 11.3 Å². The molecular weight excluding hydrogens is 420 g/mol. The molecule has 0 unspecified atom stereocenters. The number of hydrogen-bond donors (Lipinski definition) is 0. The molecule has 0 saturated carbocycles. The van der Waals surface area contributed by atoms with Crippen LogP contribution in [0, 0.1) is 19.8 Å². The van der Waals surface area contributed by atoms with E-state index in [2.05, 4.69) is 33.5 Å². The number of hydrogen-bond acceptors (Lipinski definition) is 5. The highest BCUT2D eigenvalue weighted by atomic mass is 32.1. The van der Waals surface area contributed by atoms with E-state index in [0.717, 1.165) is 11.1 Å². The number of nitrogens with zero attached hydrogens (tertiary/aromatic N) is 4. The fourth-order valence-electron chi connectivity index (χ4n) is 4.29. The summed E-state index contributed by atoms with van der Waals surface area (Å²) < 4.78 is 0. The van der Waals surface area contributed by atoms with Crippen LogP contribution in [0.15, 0.2) is 48.0 Å². The fourth-order valence-corrected chi connectivity index (χ4v) is 5.08. The molecule has 1 aliphatic rings. The number of rotatable bonds is 5. The molecule has 0 bridgehead atoms. The second-order valence-electron chi connectivity index (χ2n) is 8.12. The molecule has 1 aromatic carbocycles. The van der Waals surface area contributed by atoms with Crippen molar-refractivity contribution in [2.45, 2.75) is 27.2 Å². The Kier molecular flexibility index (Phi) is 6.65. The Morgan fingerprint density at radius 2 is 1.97 bits per heavy atom. The summed E-state index contributed by atoms with van der Waals surface area (Å²) in [5.41, 5.74) is 3.47. The Labute approximate surface area is 192 Å². The van der Waals surface area contributed by atoms with Crippen LogP contribution >= 0.6 is 11.3 Å². The lowest BCUT2D eigenvalue weighted by Crippen LogP contribution is -2.38. The van der Waals surface area contributed by atoms with Crippen molar-refractivity contribution in [1.29, 1.82) is 0 Å². The van der Waals surface area contributed by atoms with E-state index in [1.807, 2.05) is 43.9 Å². The van der Waals surface area contributed by atoms with Gasteiger partial charge in [-0.25, -0.2) is 9.97 Å². The number of carbonyl (C=O) groups is 2. The van der Waals surface area contributed by atoms with Gasteiger partial charge in [-0.05, 0) is 49.8 Å². The molecular formula is C25H28N4O2S. The molecule has 1 fully saturated rings. The van der Waals surface area contributed by atoms with Gasteiger partial charge in [0.05, 0.1) is 17.2 Å². The molecule has 2 amide bonds. The van der Waals surface area contributed by atoms with Gasteiger partial charge in [0, 0.05) is 37.3 Å². The molecule has 7 heteroatoms. The van der Waals surface area contributed by atoms with Crippen molar-refractivity contribution in [2.75, 3.05) is 26.2 Å². The zero-order valence-electron chi connectivity index (χ0n) is 18.7. The number of benzene rings is 1. The topological polar surface area (TPSA) is 66.4 Å². The van der Waals surface area contributed by atoms with Crippen LogP contribution in [-0.2, 0) is 11.2 Å². The average molecular weight is 449 g/mol. The van der Waals surface area contributed by atoms with Crippen LogP contribution < -0.4 is 0 Å². The molecule has 166 valence electrons. The van der Waals surface area contributed by atoms with Crippen LogP contribution in [0.4, 0.5) is 0 Å². The van der Waals surface area contributed by atoms with Gasteiger partial charge in [0.15, 0.2) is 0 Å². The smallest absolute Gasteiger partial charge is 0.257 e. The standard InChI is InChI=1S/C25H28N4O2S/c1-4-28-11-12-29(25(31)22-15-26-18(3)27-17(22)2)16-20(24(28)30)14-19-8-5-6-9-21(19)23-10-7-13-32-23/h5-10,13,15,20H,4,11-12,14,16H2,1-3H3/t20-/m1/s1. The number of thiophene rings is 1. The van der Waals surface area contributed by atoms with Crippen molar-refractivity contribution in [3.05, 3.63) is 70.6 Å². The summed E-state index contributed by atoms with van der Waals surface area (Å²) in [5.74, 6) is 0.352. The Morgan fingerprint density at radius 3 is 2.69 bits per heavy atom. The third-order valence-electron chi connectivity index (χ3n) is 6.01. The average Bonchev–Trinajstić information content (AvgIpc) is 3.27. The molecule has 3 aromatic rings. The monoisotopic (exact) mass is 448 g/mol. The maximum atomic E-state index is 13.4. The van der Waals surface area contributed by atoms with E-state index in [1.54, 1.807) is 22.4 Å². The minimum Gasteiger partial charge on any atom is -0.341 e. The first-order valence-electron chi connectivity index (χ1n) is 11.0. The third-order valence-corrected chi connectivity index (χ3v) is 6.91. The largest absolute Gasteiger partial charge is 0.341 e. The molecule has 1 aliphatic heterocycles. The summed E-state index contributed by atoms with van der Waals surface area (Å²) in [4.78, 5) is 40.1. The Bertz CT molecular complexity index is 1110. The molecule has 32 heavy (non-hydrogen) atoms. The van der Waals surface area contributed by atoms with Crippen LogP contribution in [0.25, 0.3) is 10.4 Å². The van der Waals surface area contributed by atoms with Crippen LogP contribution in [0.1, 0.15) is 34.4 Å². The lowest BCUT2D eigenvalue weighted by molar-refractivity contribution is -0.134. The first kappa shape index (κ1) is 22.1.